The summed E-state index contributed by atoms with van der Waals surface area (Å²) >= 11 is 0. The summed E-state index contributed by atoms with van der Waals surface area (Å²) in [6.07, 6.45) is 0. The van der Waals surface area contributed by atoms with Crippen molar-refractivity contribution in [3.05, 3.63) is 71.7 Å². The molecule has 0 aliphatic heterocycles. The van der Waals surface area contributed by atoms with E-state index in [-0.39, 0.29) is 17.9 Å². The van der Waals surface area contributed by atoms with Gasteiger partial charge in [0.25, 0.3) is 0 Å². The zero-order chi connectivity index (χ0) is 11.5. The zero-order valence-corrected chi connectivity index (χ0v) is 7.53. The van der Waals surface area contributed by atoms with Crippen molar-refractivity contribution in [3.63, 3.8) is 0 Å². The molecule has 0 fully saturated rings. The third kappa shape index (κ3) is 1.72. The molecule has 0 saturated heterocycles. The van der Waals surface area contributed by atoms with E-state index in [1.54, 1.807) is 48.5 Å². The van der Waals surface area contributed by atoms with Crippen molar-refractivity contribution < 1.29 is 7.54 Å². The molecule has 2 aromatic carbocycles. The first kappa shape index (κ1) is 6.55. The molecule has 0 spiro atoms. The lowest BCUT2D eigenvalue weighted by molar-refractivity contribution is 0.103. The van der Waals surface area contributed by atoms with Gasteiger partial charge in [-0.1, -0.05) is 60.6 Å². The summed E-state index contributed by atoms with van der Waals surface area (Å²) in [7, 11) is 0. The molecule has 0 N–H and O–H groups in total. The second-order valence-electron chi connectivity index (χ2n) is 2.88. The Kier molecular flexibility index (Phi) is 1.81. The van der Waals surface area contributed by atoms with Crippen molar-refractivity contribution in [2.45, 2.75) is 0 Å². The summed E-state index contributed by atoms with van der Waals surface area (Å²) in [4.78, 5) is 12.0. The third-order valence-electron chi connectivity index (χ3n) is 1.91. The Morgan fingerprint density at radius 1 is 0.857 bits per heavy atom. The molecule has 0 aliphatic carbocycles. The molecule has 14 heavy (non-hydrogen) atoms. The number of rotatable bonds is 2. The van der Waals surface area contributed by atoms with Gasteiger partial charge in [-0.05, 0) is 0 Å². The van der Waals surface area contributed by atoms with E-state index in [1.165, 1.54) is 0 Å². The van der Waals surface area contributed by atoms with Crippen molar-refractivity contribution in [2.75, 3.05) is 0 Å². The van der Waals surface area contributed by atoms with Crippen LogP contribution >= 0.6 is 0 Å². The van der Waals surface area contributed by atoms with Gasteiger partial charge in [-0.15, -0.1) is 0 Å². The van der Waals surface area contributed by atoms with E-state index in [4.69, 9.17) is 2.74 Å². The van der Waals surface area contributed by atoms with Crippen LogP contribution in [0.5, 0.6) is 0 Å². The molecule has 0 atom stereocenters. The van der Waals surface area contributed by atoms with Gasteiger partial charge in [-0.3, -0.25) is 4.79 Å². The Morgan fingerprint density at radius 3 is 1.79 bits per heavy atom. The van der Waals surface area contributed by atoms with E-state index >= 15 is 0 Å². The van der Waals surface area contributed by atoms with Gasteiger partial charge in [-0.2, -0.15) is 0 Å². The molecule has 0 unspecified atom stereocenters. The quantitative estimate of drug-likeness (QED) is 0.656. The van der Waals surface area contributed by atoms with Gasteiger partial charge in [0, 0.05) is 11.1 Å². The molecule has 1 heteroatoms. The first-order valence-electron chi connectivity index (χ1n) is 5.36. The first-order valence-corrected chi connectivity index (χ1v) is 4.36. The van der Waals surface area contributed by atoms with Gasteiger partial charge in [0.2, 0.25) is 0 Å². The van der Waals surface area contributed by atoms with Crippen molar-refractivity contribution >= 4 is 5.78 Å². The normalized spacial score (nSPS) is 11.7. The van der Waals surface area contributed by atoms with Crippen LogP contribution in [-0.4, -0.2) is 5.78 Å². The van der Waals surface area contributed by atoms with E-state index in [2.05, 4.69) is 0 Å². The predicted octanol–water partition coefficient (Wildman–Crippen LogP) is 2.92. The second kappa shape index (κ2) is 3.88. The van der Waals surface area contributed by atoms with Gasteiger partial charge in [-0.25, -0.2) is 0 Å². The lowest BCUT2D eigenvalue weighted by Gasteiger charge is -1.99. The Bertz CT molecular complexity index is 487. The number of hydrogen-bond acceptors (Lipinski definition) is 1. The predicted molar refractivity (Wildman–Crippen MR) is 56.3 cm³/mol. The van der Waals surface area contributed by atoms with Crippen LogP contribution < -0.4 is 0 Å². The highest BCUT2D eigenvalue weighted by Gasteiger charge is 2.06. The van der Waals surface area contributed by atoms with Crippen molar-refractivity contribution in [2.24, 2.45) is 0 Å². The minimum absolute atomic E-state index is 0.191. The highest BCUT2D eigenvalue weighted by Crippen LogP contribution is 2.08. The summed E-state index contributed by atoms with van der Waals surface area (Å²) in [6.45, 7) is 0. The maximum atomic E-state index is 12.0. The fraction of sp³-hybridized carbons (Fsp3) is 0. The third-order valence-corrected chi connectivity index (χ3v) is 1.91. The highest BCUT2D eigenvalue weighted by molar-refractivity contribution is 6.08. The number of hydrogen-bond donors (Lipinski definition) is 0. The van der Waals surface area contributed by atoms with E-state index in [9.17, 15) is 4.79 Å². The molecule has 0 bridgehead atoms. The fourth-order valence-electron chi connectivity index (χ4n) is 1.21. The first-order chi connectivity index (χ1) is 7.70. The average Bonchev–Trinajstić information content (AvgIpc) is 2.29. The van der Waals surface area contributed by atoms with Crippen LogP contribution in [0.15, 0.2) is 60.6 Å². The largest absolute Gasteiger partial charge is 0.289 e. The lowest BCUT2D eigenvalue weighted by atomic mass is 10.0. The molecule has 0 heterocycles. The molecule has 0 amide bonds. The topological polar surface area (TPSA) is 17.1 Å². The SMILES string of the molecule is [2H]c1ccccc1C(=O)c1ccccc1[2H]. The maximum Gasteiger partial charge on any atom is 0.193 e. The fourth-order valence-corrected chi connectivity index (χ4v) is 1.21. The molecular formula is C13H10O. The van der Waals surface area contributed by atoms with Crippen LogP contribution in [0, 0.1) is 0 Å². The highest BCUT2D eigenvalue weighted by atomic mass is 16.1. The van der Waals surface area contributed by atoms with Crippen LogP contribution in [0.1, 0.15) is 18.7 Å². The molecule has 0 aromatic heterocycles. The van der Waals surface area contributed by atoms with Gasteiger partial charge < -0.3 is 0 Å². The van der Waals surface area contributed by atoms with Crippen molar-refractivity contribution in [1.82, 2.24) is 0 Å². The average molecular weight is 184 g/mol. The summed E-state index contributed by atoms with van der Waals surface area (Å²) < 4.78 is 15.3. The number of ketones is 1. The summed E-state index contributed by atoms with van der Waals surface area (Å²) in [6, 6.07) is 13.6. The molecule has 2 aromatic rings. The van der Waals surface area contributed by atoms with E-state index in [0.29, 0.717) is 11.1 Å². The Labute approximate surface area is 85.8 Å². The molecule has 0 saturated carbocycles. The van der Waals surface area contributed by atoms with Crippen LogP contribution in [0.4, 0.5) is 0 Å². The standard InChI is InChI=1S/C13H10O/c14-13(11-7-3-1-4-8-11)12-9-5-2-6-10-12/h1-10H/i7D,9D. The summed E-state index contributed by atoms with van der Waals surface area (Å²) in [5.74, 6) is -0.267. The molecule has 2 rings (SSSR count). The Balaban J connectivity index is 2.48. The molecule has 68 valence electrons. The van der Waals surface area contributed by atoms with Crippen LogP contribution in [-0.2, 0) is 0 Å². The minimum Gasteiger partial charge on any atom is -0.289 e. The lowest BCUT2D eigenvalue weighted by Crippen LogP contribution is -1.99. The zero-order valence-electron chi connectivity index (χ0n) is 9.53. The van der Waals surface area contributed by atoms with Crippen LogP contribution in [0.25, 0.3) is 0 Å². The second-order valence-corrected chi connectivity index (χ2v) is 2.88. The molecular weight excluding hydrogens is 172 g/mol. The number of benzene rings is 2. The number of carbonyl (C=O) groups excluding carboxylic acids is 1. The van der Waals surface area contributed by atoms with Crippen molar-refractivity contribution in [3.8, 4) is 0 Å². The smallest absolute Gasteiger partial charge is 0.193 e. The maximum absolute atomic E-state index is 12.0. The monoisotopic (exact) mass is 184 g/mol. The van der Waals surface area contributed by atoms with Gasteiger partial charge in [0.1, 0.15) is 0 Å². The van der Waals surface area contributed by atoms with Crippen molar-refractivity contribution in [1.29, 1.82) is 0 Å². The van der Waals surface area contributed by atoms with E-state index < -0.39 is 0 Å². The summed E-state index contributed by atoms with van der Waals surface area (Å²) in [5, 5.41) is 0. The summed E-state index contributed by atoms with van der Waals surface area (Å²) in [5.41, 5.74) is 0.671. The van der Waals surface area contributed by atoms with Gasteiger partial charge in [0.05, 0.1) is 2.74 Å². The molecule has 0 aliphatic rings. The van der Waals surface area contributed by atoms with E-state index in [0.717, 1.165) is 0 Å². The Morgan fingerprint density at radius 2 is 1.36 bits per heavy atom. The van der Waals surface area contributed by atoms with E-state index in [1.807, 2.05) is 0 Å². The minimum atomic E-state index is -0.267. The molecule has 0 radical (unpaired) electrons. The van der Waals surface area contributed by atoms with Crippen LogP contribution in [0.3, 0.4) is 0 Å². The van der Waals surface area contributed by atoms with Crippen LogP contribution in [0.2, 0.25) is 0 Å². The van der Waals surface area contributed by atoms with Gasteiger partial charge in [0.15, 0.2) is 5.78 Å². The molecule has 1 nitrogen and oxygen atoms in total. The van der Waals surface area contributed by atoms with Gasteiger partial charge >= 0.3 is 0 Å². The Hall–Kier alpha value is -1.89. The number of carbonyl (C=O) groups is 1.